The van der Waals surface area contributed by atoms with Crippen LogP contribution in [0.1, 0.15) is 51.9 Å². The molecule has 1 atom stereocenters. The summed E-state index contributed by atoms with van der Waals surface area (Å²) < 4.78 is 24.1. The maximum absolute atomic E-state index is 12.1. The minimum atomic E-state index is -2.95. The number of rotatable bonds is 5. The molecule has 0 aromatic rings. The molecule has 0 spiro atoms. The second-order valence-electron chi connectivity index (χ2n) is 7.50. The largest absolute Gasteiger partial charge is 0.326 e. The van der Waals surface area contributed by atoms with E-state index in [2.05, 4.69) is 0 Å². The van der Waals surface area contributed by atoms with Crippen molar-refractivity contribution in [1.29, 1.82) is 0 Å². The van der Waals surface area contributed by atoms with Crippen molar-refractivity contribution >= 4 is 9.84 Å². The molecule has 19 heavy (non-hydrogen) atoms. The molecule has 3 nitrogen and oxygen atoms in total. The van der Waals surface area contributed by atoms with Crippen molar-refractivity contribution in [3.8, 4) is 0 Å². The number of nitrogens with two attached hydrogens (primary N) is 1. The van der Waals surface area contributed by atoms with Crippen molar-refractivity contribution in [2.24, 2.45) is 28.9 Å². The van der Waals surface area contributed by atoms with Gasteiger partial charge in [0.1, 0.15) is 0 Å². The highest BCUT2D eigenvalue weighted by molar-refractivity contribution is 7.91. The fraction of sp³-hybridized carbons (Fsp3) is 1.00. The standard InChI is InChI=1S/C15H27NO2S/c1-2-3-19(17,18)10-14(16)15-7-11-4-12(8-15)6-13(5-11)9-15/h11-14H,2-10,16H2,1H3. The zero-order chi connectivity index (χ0) is 13.7. The van der Waals surface area contributed by atoms with Crippen molar-refractivity contribution in [3.63, 3.8) is 0 Å². The monoisotopic (exact) mass is 285 g/mol. The lowest BCUT2D eigenvalue weighted by Crippen LogP contribution is -2.56. The molecule has 4 rings (SSSR count). The van der Waals surface area contributed by atoms with E-state index in [-0.39, 0.29) is 17.2 Å². The molecule has 110 valence electrons. The van der Waals surface area contributed by atoms with Gasteiger partial charge in [-0.25, -0.2) is 8.42 Å². The first kappa shape index (κ1) is 13.9. The summed E-state index contributed by atoms with van der Waals surface area (Å²) in [6.45, 7) is 1.92. The number of hydrogen-bond donors (Lipinski definition) is 1. The Morgan fingerprint density at radius 1 is 1.11 bits per heavy atom. The Hall–Kier alpha value is -0.0900. The van der Waals surface area contributed by atoms with Crippen LogP contribution in [-0.2, 0) is 9.84 Å². The summed E-state index contributed by atoms with van der Waals surface area (Å²) in [4.78, 5) is 0. The van der Waals surface area contributed by atoms with Crippen molar-refractivity contribution in [3.05, 3.63) is 0 Å². The van der Waals surface area contributed by atoms with E-state index in [4.69, 9.17) is 5.73 Å². The van der Waals surface area contributed by atoms with Gasteiger partial charge in [0.15, 0.2) is 9.84 Å². The van der Waals surface area contributed by atoms with Crippen molar-refractivity contribution in [2.45, 2.75) is 57.9 Å². The van der Waals surface area contributed by atoms with Gasteiger partial charge in [0, 0.05) is 11.8 Å². The van der Waals surface area contributed by atoms with Gasteiger partial charge < -0.3 is 5.73 Å². The fourth-order valence-corrected chi connectivity index (χ4v) is 7.17. The third kappa shape index (κ3) is 2.58. The highest BCUT2D eigenvalue weighted by Gasteiger charge is 2.53. The third-order valence-corrected chi connectivity index (χ3v) is 7.72. The van der Waals surface area contributed by atoms with Crippen LogP contribution in [0, 0.1) is 23.2 Å². The Morgan fingerprint density at radius 3 is 2.00 bits per heavy atom. The van der Waals surface area contributed by atoms with Crippen LogP contribution >= 0.6 is 0 Å². The average Bonchev–Trinajstić information content (AvgIpc) is 2.25. The predicted molar refractivity (Wildman–Crippen MR) is 77.5 cm³/mol. The first-order valence-electron chi connectivity index (χ1n) is 7.88. The molecular weight excluding hydrogens is 258 g/mol. The lowest BCUT2D eigenvalue weighted by atomic mass is 9.48. The Morgan fingerprint density at radius 2 is 1.58 bits per heavy atom. The van der Waals surface area contributed by atoms with Crippen LogP contribution in [0.4, 0.5) is 0 Å². The molecular formula is C15H27NO2S. The minimum Gasteiger partial charge on any atom is -0.326 e. The minimum absolute atomic E-state index is 0.127. The van der Waals surface area contributed by atoms with Gasteiger partial charge in [0.05, 0.1) is 5.75 Å². The molecule has 0 amide bonds. The van der Waals surface area contributed by atoms with Gasteiger partial charge in [-0.15, -0.1) is 0 Å². The zero-order valence-corrected chi connectivity index (χ0v) is 12.8. The molecule has 0 aromatic carbocycles. The van der Waals surface area contributed by atoms with Crippen molar-refractivity contribution in [2.75, 3.05) is 11.5 Å². The quantitative estimate of drug-likeness (QED) is 0.843. The van der Waals surface area contributed by atoms with Crippen LogP contribution in [0.3, 0.4) is 0 Å². The van der Waals surface area contributed by atoms with E-state index < -0.39 is 9.84 Å². The molecule has 1 unspecified atom stereocenters. The highest BCUT2D eigenvalue weighted by Crippen LogP contribution is 2.61. The summed E-state index contributed by atoms with van der Waals surface area (Å²) in [5, 5.41) is 0. The predicted octanol–water partition coefficient (Wildman–Crippen LogP) is 2.35. The molecule has 0 saturated heterocycles. The number of sulfone groups is 1. The first-order valence-corrected chi connectivity index (χ1v) is 9.70. The summed E-state index contributed by atoms with van der Waals surface area (Å²) in [5.41, 5.74) is 6.57. The van der Waals surface area contributed by atoms with Gasteiger partial charge in [-0.1, -0.05) is 6.92 Å². The molecule has 0 aromatic heterocycles. The zero-order valence-electron chi connectivity index (χ0n) is 12.0. The Labute approximate surface area is 117 Å². The Bertz CT molecular complexity index is 408. The van der Waals surface area contributed by atoms with Gasteiger partial charge in [-0.3, -0.25) is 0 Å². The van der Waals surface area contributed by atoms with E-state index in [1.807, 2.05) is 6.92 Å². The smallest absolute Gasteiger partial charge is 0.151 e. The molecule has 0 aliphatic heterocycles. The molecule has 0 heterocycles. The topological polar surface area (TPSA) is 60.2 Å². The van der Waals surface area contributed by atoms with Gasteiger partial charge in [0.2, 0.25) is 0 Å². The van der Waals surface area contributed by atoms with E-state index in [9.17, 15) is 8.42 Å². The lowest BCUT2D eigenvalue weighted by molar-refractivity contribution is -0.0632. The normalized spacial score (nSPS) is 42.5. The maximum Gasteiger partial charge on any atom is 0.151 e. The lowest BCUT2D eigenvalue weighted by Gasteiger charge is -2.58. The molecule has 4 fully saturated rings. The third-order valence-electron chi connectivity index (χ3n) is 5.82. The molecule has 4 bridgehead atoms. The SMILES string of the molecule is CCCS(=O)(=O)CC(N)C12CC3CC(CC(C3)C1)C2. The molecule has 4 aliphatic rings. The van der Waals surface area contributed by atoms with E-state index in [1.165, 1.54) is 38.5 Å². The van der Waals surface area contributed by atoms with Crippen molar-refractivity contribution < 1.29 is 8.42 Å². The van der Waals surface area contributed by atoms with E-state index in [1.54, 1.807) is 0 Å². The summed E-state index contributed by atoms with van der Waals surface area (Å²) >= 11 is 0. The van der Waals surface area contributed by atoms with E-state index in [0.29, 0.717) is 12.2 Å². The van der Waals surface area contributed by atoms with Gasteiger partial charge in [-0.2, -0.15) is 0 Å². The van der Waals surface area contributed by atoms with E-state index in [0.717, 1.165) is 17.8 Å². The summed E-state index contributed by atoms with van der Waals surface area (Å²) in [6.07, 6.45) is 8.44. The number of hydrogen-bond acceptors (Lipinski definition) is 3. The van der Waals surface area contributed by atoms with Crippen LogP contribution < -0.4 is 5.73 Å². The average molecular weight is 285 g/mol. The summed E-state index contributed by atoms with van der Waals surface area (Å²) in [5.74, 6) is 3.03. The van der Waals surface area contributed by atoms with Gasteiger partial charge in [0.25, 0.3) is 0 Å². The maximum atomic E-state index is 12.1. The first-order chi connectivity index (χ1) is 8.92. The van der Waals surface area contributed by atoms with E-state index >= 15 is 0 Å². The highest BCUT2D eigenvalue weighted by atomic mass is 32.2. The second kappa shape index (κ2) is 4.73. The van der Waals surface area contributed by atoms with Crippen LogP contribution in [0.25, 0.3) is 0 Å². The Balaban J connectivity index is 1.74. The molecule has 4 heteroatoms. The molecule has 4 aliphatic carbocycles. The summed E-state index contributed by atoms with van der Waals surface area (Å²) in [6, 6.07) is -0.127. The molecule has 4 saturated carbocycles. The van der Waals surface area contributed by atoms with Gasteiger partial charge >= 0.3 is 0 Å². The van der Waals surface area contributed by atoms with Crippen LogP contribution in [-0.4, -0.2) is 26.0 Å². The second-order valence-corrected chi connectivity index (χ2v) is 9.73. The van der Waals surface area contributed by atoms with Crippen LogP contribution in [0.15, 0.2) is 0 Å². The summed E-state index contributed by atoms with van der Waals surface area (Å²) in [7, 11) is -2.95. The Kier molecular flexibility index (Phi) is 3.45. The molecule has 2 N–H and O–H groups in total. The fourth-order valence-electron chi connectivity index (χ4n) is 5.48. The van der Waals surface area contributed by atoms with Crippen LogP contribution in [0.5, 0.6) is 0 Å². The van der Waals surface area contributed by atoms with Gasteiger partial charge in [-0.05, 0) is 68.1 Å². The van der Waals surface area contributed by atoms with Crippen LogP contribution in [0.2, 0.25) is 0 Å². The van der Waals surface area contributed by atoms with Crippen molar-refractivity contribution in [1.82, 2.24) is 0 Å². The molecule has 0 radical (unpaired) electrons.